The van der Waals surface area contributed by atoms with Gasteiger partial charge in [0.05, 0.1) is 23.9 Å². The van der Waals surface area contributed by atoms with E-state index in [-0.39, 0.29) is 18.1 Å². The Labute approximate surface area is 192 Å². The van der Waals surface area contributed by atoms with Gasteiger partial charge in [-0.25, -0.2) is 4.68 Å². The lowest BCUT2D eigenvalue weighted by molar-refractivity contribution is -0.138. The molecule has 2 aromatic heterocycles. The highest BCUT2D eigenvalue weighted by molar-refractivity contribution is 5.74. The van der Waals surface area contributed by atoms with E-state index < -0.39 is 35.0 Å². The Morgan fingerprint density at radius 1 is 1.18 bits per heavy atom. The van der Waals surface area contributed by atoms with Gasteiger partial charge in [-0.3, -0.25) is 19.6 Å². The topological polar surface area (TPSA) is 113 Å². The Hall–Kier alpha value is -3.76. The fourth-order valence-electron chi connectivity index (χ4n) is 4.15. The van der Waals surface area contributed by atoms with Crippen molar-refractivity contribution in [2.24, 2.45) is 5.73 Å². The average Bonchev–Trinajstić information content (AvgIpc) is 3.33. The summed E-state index contributed by atoms with van der Waals surface area (Å²) in [5.41, 5.74) is 4.45. The van der Waals surface area contributed by atoms with Crippen LogP contribution in [0.4, 0.5) is 13.2 Å². The van der Waals surface area contributed by atoms with E-state index >= 15 is 0 Å². The molecule has 1 fully saturated rings. The first kappa shape index (κ1) is 23.4. The van der Waals surface area contributed by atoms with Gasteiger partial charge in [0.1, 0.15) is 17.5 Å². The monoisotopic (exact) mass is 473 g/mol. The van der Waals surface area contributed by atoms with Crippen LogP contribution >= 0.6 is 0 Å². The van der Waals surface area contributed by atoms with Gasteiger partial charge < -0.3 is 10.5 Å². The highest BCUT2D eigenvalue weighted by Gasteiger charge is 2.35. The van der Waals surface area contributed by atoms with E-state index in [1.54, 1.807) is 0 Å². The molecule has 1 saturated carbocycles. The number of amides is 1. The summed E-state index contributed by atoms with van der Waals surface area (Å²) in [6.45, 7) is 0. The minimum atomic E-state index is -4.63. The molecule has 178 valence electrons. The lowest BCUT2D eigenvalue weighted by Gasteiger charge is -2.22. The van der Waals surface area contributed by atoms with Crippen LogP contribution in [-0.4, -0.2) is 25.7 Å². The number of nitrogens with two attached hydrogens (primary N) is 1. The predicted molar refractivity (Wildman–Crippen MR) is 115 cm³/mol. The number of alkyl halides is 3. The molecule has 0 spiro atoms. The quantitative estimate of drug-likeness (QED) is 0.556. The third kappa shape index (κ3) is 5.08. The minimum absolute atomic E-state index is 0.0400. The first-order chi connectivity index (χ1) is 16.2. The number of ether oxygens (including phenoxy) is 1. The molecule has 0 radical (unpaired) electrons. The Morgan fingerprint density at radius 2 is 1.91 bits per heavy atom. The summed E-state index contributed by atoms with van der Waals surface area (Å²) in [5, 5.41) is 4.49. The number of benzene rings is 1. The highest BCUT2D eigenvalue weighted by Crippen LogP contribution is 2.42. The van der Waals surface area contributed by atoms with Gasteiger partial charge in [-0.1, -0.05) is 25.0 Å². The Kier molecular flexibility index (Phi) is 6.62. The van der Waals surface area contributed by atoms with Gasteiger partial charge in [0.25, 0.3) is 5.56 Å². The van der Waals surface area contributed by atoms with E-state index in [1.807, 2.05) is 0 Å². The molecule has 8 nitrogen and oxygen atoms in total. The van der Waals surface area contributed by atoms with Crippen molar-refractivity contribution in [1.82, 2.24) is 19.7 Å². The smallest absolute Gasteiger partial charge is 0.419 e. The second kappa shape index (κ2) is 9.62. The average molecular weight is 473 g/mol. The molecule has 11 heteroatoms. The van der Waals surface area contributed by atoms with Gasteiger partial charge in [0, 0.05) is 24.4 Å². The predicted octanol–water partition coefficient (Wildman–Crippen LogP) is 3.97. The zero-order valence-corrected chi connectivity index (χ0v) is 18.0. The molecule has 1 atom stereocenters. The third-order valence-electron chi connectivity index (χ3n) is 5.72. The van der Waals surface area contributed by atoms with Crippen molar-refractivity contribution in [2.45, 2.75) is 50.2 Å². The van der Waals surface area contributed by atoms with Crippen molar-refractivity contribution in [3.8, 4) is 11.5 Å². The third-order valence-corrected chi connectivity index (χ3v) is 5.72. The van der Waals surface area contributed by atoms with Gasteiger partial charge in [0.15, 0.2) is 5.75 Å². The van der Waals surface area contributed by atoms with Crippen LogP contribution in [-0.2, 0) is 11.0 Å². The van der Waals surface area contributed by atoms with E-state index in [0.29, 0.717) is 11.4 Å². The van der Waals surface area contributed by atoms with Gasteiger partial charge >= 0.3 is 6.18 Å². The van der Waals surface area contributed by atoms with Crippen LogP contribution in [0, 0.1) is 0 Å². The lowest BCUT2D eigenvalue weighted by atomic mass is 10.0. The summed E-state index contributed by atoms with van der Waals surface area (Å²) in [6.07, 6.45) is 2.69. The Balaban J connectivity index is 1.83. The summed E-state index contributed by atoms with van der Waals surface area (Å²) in [7, 11) is 0. The normalized spacial score (nSPS) is 15.3. The van der Waals surface area contributed by atoms with Crippen LogP contribution < -0.4 is 16.0 Å². The molecule has 1 aliphatic carbocycles. The molecule has 2 N–H and O–H groups in total. The van der Waals surface area contributed by atoms with Gasteiger partial charge in [-0.05, 0) is 25.0 Å². The van der Waals surface area contributed by atoms with Crippen LogP contribution in [0.3, 0.4) is 0 Å². The maximum atomic E-state index is 13.5. The molecular weight excluding hydrogens is 451 g/mol. The summed E-state index contributed by atoms with van der Waals surface area (Å²) < 4.78 is 47.2. The minimum Gasteiger partial charge on any atom is -0.455 e. The number of para-hydroxylation sites is 1. The van der Waals surface area contributed by atoms with Crippen molar-refractivity contribution >= 4 is 5.91 Å². The number of hydrogen-bond donors (Lipinski definition) is 1. The number of carbonyl (C=O) groups excluding carboxylic acids is 1. The molecular formula is C23H22F3N5O3. The van der Waals surface area contributed by atoms with E-state index in [1.165, 1.54) is 36.8 Å². The number of rotatable bonds is 7. The van der Waals surface area contributed by atoms with Crippen LogP contribution in [0.1, 0.15) is 61.0 Å². The number of aromatic nitrogens is 4. The summed E-state index contributed by atoms with van der Waals surface area (Å²) in [4.78, 5) is 33.0. The van der Waals surface area contributed by atoms with E-state index in [4.69, 9.17) is 10.5 Å². The highest BCUT2D eigenvalue weighted by atomic mass is 19.4. The SMILES string of the molecule is NC(=O)CC(c1cnccn1)n1nc(C2CCCC2)c(Oc2ccccc2C(F)(F)F)cc1=O. The zero-order chi connectivity index (χ0) is 24.3. The second-order valence-electron chi connectivity index (χ2n) is 8.07. The fourth-order valence-corrected chi connectivity index (χ4v) is 4.15. The maximum absolute atomic E-state index is 13.5. The van der Waals surface area contributed by atoms with Gasteiger partial charge in [-0.2, -0.15) is 18.3 Å². The largest absolute Gasteiger partial charge is 0.455 e. The van der Waals surface area contributed by atoms with Crippen LogP contribution in [0.25, 0.3) is 0 Å². The second-order valence-corrected chi connectivity index (χ2v) is 8.07. The number of nitrogens with zero attached hydrogens (tertiary/aromatic N) is 4. The standard InChI is InChI=1S/C23H22F3N5O3/c24-23(25,26)15-7-3-4-8-18(15)34-19-12-21(33)31(30-22(19)14-5-1-2-6-14)17(11-20(27)32)16-13-28-9-10-29-16/h3-4,7-10,12-14,17H,1-2,5-6,11H2,(H2,27,32). The number of carbonyl (C=O) groups is 1. The molecule has 3 aromatic rings. The maximum Gasteiger partial charge on any atom is 0.419 e. The van der Waals surface area contributed by atoms with Crippen molar-refractivity contribution in [1.29, 1.82) is 0 Å². The fraction of sp³-hybridized carbons (Fsp3) is 0.348. The summed E-state index contributed by atoms with van der Waals surface area (Å²) in [6, 6.07) is 4.98. The molecule has 2 heterocycles. The molecule has 1 unspecified atom stereocenters. The van der Waals surface area contributed by atoms with E-state index in [2.05, 4.69) is 15.1 Å². The molecule has 34 heavy (non-hydrogen) atoms. The Morgan fingerprint density at radius 3 is 2.56 bits per heavy atom. The molecule has 0 saturated heterocycles. The van der Waals surface area contributed by atoms with E-state index in [9.17, 15) is 22.8 Å². The van der Waals surface area contributed by atoms with Crippen LogP contribution in [0.15, 0.2) is 53.7 Å². The molecule has 1 aliphatic rings. The Bertz CT molecular complexity index is 1220. The lowest BCUT2D eigenvalue weighted by Crippen LogP contribution is -2.32. The molecule has 1 amide bonds. The summed E-state index contributed by atoms with van der Waals surface area (Å²) >= 11 is 0. The molecule has 0 aliphatic heterocycles. The molecule has 1 aromatic carbocycles. The van der Waals surface area contributed by atoms with Gasteiger partial charge in [0.2, 0.25) is 5.91 Å². The number of primary amides is 1. The zero-order valence-electron chi connectivity index (χ0n) is 18.0. The number of hydrogen-bond acceptors (Lipinski definition) is 6. The van der Waals surface area contributed by atoms with Crippen molar-refractivity contribution in [2.75, 3.05) is 0 Å². The van der Waals surface area contributed by atoms with Gasteiger partial charge in [-0.15, -0.1) is 0 Å². The summed E-state index contributed by atoms with van der Waals surface area (Å²) in [5.74, 6) is -1.25. The van der Waals surface area contributed by atoms with Crippen molar-refractivity contribution in [3.05, 3.63) is 76.2 Å². The van der Waals surface area contributed by atoms with Crippen LogP contribution in [0.2, 0.25) is 0 Å². The van der Waals surface area contributed by atoms with Crippen molar-refractivity contribution in [3.63, 3.8) is 0 Å². The molecule has 4 rings (SSSR count). The van der Waals surface area contributed by atoms with E-state index in [0.717, 1.165) is 42.5 Å². The first-order valence-electron chi connectivity index (χ1n) is 10.8. The molecule has 0 bridgehead atoms. The number of halogens is 3. The van der Waals surface area contributed by atoms with Crippen molar-refractivity contribution < 1.29 is 22.7 Å². The first-order valence-corrected chi connectivity index (χ1v) is 10.8. The van der Waals surface area contributed by atoms with Crippen LogP contribution in [0.5, 0.6) is 11.5 Å².